The van der Waals surface area contributed by atoms with Crippen LogP contribution in [0.15, 0.2) is 0 Å². The summed E-state index contributed by atoms with van der Waals surface area (Å²) in [4.78, 5) is 40.1. The van der Waals surface area contributed by atoms with E-state index in [9.17, 15) is 34.8 Å². The van der Waals surface area contributed by atoms with Crippen LogP contribution in [0.4, 0.5) is 5.69 Å². The molecule has 0 fully saturated rings. The molecule has 15 heteroatoms. The minimum absolute atomic E-state index is 0.0104. The highest BCUT2D eigenvalue weighted by Gasteiger charge is 2.33. The van der Waals surface area contributed by atoms with E-state index in [2.05, 4.69) is 10.6 Å². The van der Waals surface area contributed by atoms with Gasteiger partial charge in [-0.3, -0.25) is 14.4 Å². The number of anilines is 1. The molecule has 0 heterocycles. The number of nitrogens with one attached hydrogen (secondary N) is 2. The second kappa shape index (κ2) is 15.6. The van der Waals surface area contributed by atoms with Gasteiger partial charge in [-0.2, -0.15) is 0 Å². The van der Waals surface area contributed by atoms with E-state index in [1.54, 1.807) is 0 Å². The van der Waals surface area contributed by atoms with E-state index in [4.69, 9.17) is 10.2 Å². The first-order valence-electron chi connectivity index (χ1n) is 9.91. The van der Waals surface area contributed by atoms with Crippen molar-refractivity contribution in [2.75, 3.05) is 57.6 Å². The highest BCUT2D eigenvalue weighted by molar-refractivity contribution is 14.1. The number of hydrogen-bond acceptors (Lipinski definition) is 9. The molecule has 3 amide bonds. The monoisotopic (exact) mass is 821 g/mol. The summed E-state index contributed by atoms with van der Waals surface area (Å²) in [6, 6.07) is 0. The van der Waals surface area contributed by atoms with Crippen molar-refractivity contribution in [2.45, 2.75) is 6.10 Å². The van der Waals surface area contributed by atoms with E-state index in [1.807, 2.05) is 67.8 Å². The Morgan fingerprint density at radius 2 is 1.32 bits per heavy atom. The molecule has 0 bridgehead atoms. The van der Waals surface area contributed by atoms with E-state index in [1.165, 1.54) is 0 Å². The zero-order valence-electron chi connectivity index (χ0n) is 17.8. The van der Waals surface area contributed by atoms with Crippen LogP contribution in [0.1, 0.15) is 20.7 Å². The third-order valence-corrected chi connectivity index (χ3v) is 7.68. The van der Waals surface area contributed by atoms with Crippen LogP contribution < -0.4 is 15.5 Å². The summed E-state index contributed by atoms with van der Waals surface area (Å²) in [5.41, 5.74) is 0.170. The Kier molecular flexibility index (Phi) is 14.5. The predicted octanol–water partition coefficient (Wildman–Crippen LogP) is -1.77. The van der Waals surface area contributed by atoms with E-state index in [-0.39, 0.29) is 53.8 Å². The smallest absolute Gasteiger partial charge is 0.253 e. The van der Waals surface area contributed by atoms with Crippen molar-refractivity contribution in [1.82, 2.24) is 10.6 Å². The molecule has 1 aromatic carbocycles. The molecule has 0 aromatic heterocycles. The summed E-state index contributed by atoms with van der Waals surface area (Å²) in [7, 11) is 0. The highest BCUT2D eigenvalue weighted by atomic mass is 127. The van der Waals surface area contributed by atoms with Crippen LogP contribution in [0.25, 0.3) is 0 Å². The Bertz CT molecular complexity index is 885. The second-order valence-corrected chi connectivity index (χ2v) is 10.1. The Morgan fingerprint density at radius 1 is 0.794 bits per heavy atom. The van der Waals surface area contributed by atoms with Crippen molar-refractivity contribution < 1.29 is 45.0 Å². The van der Waals surface area contributed by atoms with Gasteiger partial charge in [-0.25, -0.2) is 0 Å². The summed E-state index contributed by atoms with van der Waals surface area (Å²) in [5.74, 6) is -3.23. The third kappa shape index (κ3) is 7.79. The summed E-state index contributed by atoms with van der Waals surface area (Å²) in [5, 5.41) is 61.3. The van der Waals surface area contributed by atoms with Crippen molar-refractivity contribution in [2.24, 2.45) is 5.92 Å². The SMILES string of the molecule is O=C(NCCO)c1c(I)c(C(=O)NCC(O)CO)c(I)c(N(CCO)C(=O)C(CO)CO)c1I. The summed E-state index contributed by atoms with van der Waals surface area (Å²) in [6.45, 7) is -3.29. The standard InChI is InChI=1S/C19H26I3N3O9/c20-13-11(17(32)23-1-3-26)14(21)16(25(2-4-27)19(34)9(6-28)7-29)15(22)12(13)18(33)24-5-10(31)8-30/h9-10,26-31H,1-8H2,(H,23,32)(H,24,33). The Labute approximate surface area is 236 Å². The summed E-state index contributed by atoms with van der Waals surface area (Å²) < 4.78 is 0.751. The zero-order valence-corrected chi connectivity index (χ0v) is 24.3. The fourth-order valence-corrected chi connectivity index (χ4v) is 7.50. The van der Waals surface area contributed by atoms with Gasteiger partial charge in [0, 0.05) is 23.2 Å². The van der Waals surface area contributed by atoms with Gasteiger partial charge >= 0.3 is 0 Å². The largest absolute Gasteiger partial charge is 0.395 e. The molecule has 12 nitrogen and oxygen atoms in total. The topological polar surface area (TPSA) is 200 Å². The molecular weight excluding hydrogens is 795 g/mol. The van der Waals surface area contributed by atoms with Crippen LogP contribution in [0.5, 0.6) is 0 Å². The maximum atomic E-state index is 13.1. The Hall–Kier alpha value is -0.420. The molecule has 0 aliphatic rings. The lowest BCUT2D eigenvalue weighted by Gasteiger charge is -2.29. The van der Waals surface area contributed by atoms with E-state index in [0.29, 0.717) is 0 Å². The van der Waals surface area contributed by atoms with Crippen molar-refractivity contribution in [3.8, 4) is 0 Å². The first-order chi connectivity index (χ1) is 16.1. The molecule has 0 saturated carbocycles. The van der Waals surface area contributed by atoms with Gasteiger partial charge in [0.2, 0.25) is 5.91 Å². The molecule has 0 spiro atoms. The number of nitrogens with zero attached hydrogens (tertiary/aromatic N) is 1. The lowest BCUT2D eigenvalue weighted by molar-refractivity contribution is -0.125. The average Bonchev–Trinajstić information content (AvgIpc) is 2.81. The number of hydrogen-bond donors (Lipinski definition) is 8. The number of carbonyl (C=O) groups is 3. The maximum Gasteiger partial charge on any atom is 0.253 e. The fourth-order valence-electron chi connectivity index (χ4n) is 2.77. The van der Waals surface area contributed by atoms with E-state index >= 15 is 0 Å². The maximum absolute atomic E-state index is 13.1. The van der Waals surface area contributed by atoms with Gasteiger partial charge in [-0.1, -0.05) is 0 Å². The first kappa shape index (κ1) is 31.6. The molecule has 8 N–H and O–H groups in total. The number of benzene rings is 1. The van der Waals surface area contributed by atoms with Crippen molar-refractivity contribution in [3.63, 3.8) is 0 Å². The second-order valence-electron chi connectivity index (χ2n) is 6.84. The zero-order chi connectivity index (χ0) is 26.0. The van der Waals surface area contributed by atoms with Gasteiger partial charge in [0.1, 0.15) is 0 Å². The lowest BCUT2D eigenvalue weighted by Crippen LogP contribution is -2.43. The van der Waals surface area contributed by atoms with Gasteiger partial charge in [-0.05, 0) is 67.8 Å². The van der Waals surface area contributed by atoms with Gasteiger partial charge < -0.3 is 46.2 Å². The third-order valence-electron chi connectivity index (χ3n) is 4.50. The van der Waals surface area contributed by atoms with Gasteiger partial charge in [0.05, 0.1) is 69.0 Å². The first-order valence-corrected chi connectivity index (χ1v) is 13.1. The minimum atomic E-state index is -1.21. The highest BCUT2D eigenvalue weighted by Crippen LogP contribution is 2.38. The number of aliphatic hydroxyl groups excluding tert-OH is 6. The number of aliphatic hydroxyl groups is 6. The molecule has 192 valence electrons. The molecule has 1 unspecified atom stereocenters. The predicted molar refractivity (Wildman–Crippen MR) is 147 cm³/mol. The normalized spacial score (nSPS) is 11.9. The summed E-state index contributed by atoms with van der Waals surface area (Å²) >= 11 is 5.47. The van der Waals surface area contributed by atoms with E-state index < -0.39 is 56.2 Å². The molecule has 0 saturated heterocycles. The van der Waals surface area contributed by atoms with Crippen LogP contribution in [-0.4, -0.2) is 107 Å². The number of rotatable bonds is 13. The molecule has 1 rings (SSSR count). The van der Waals surface area contributed by atoms with Crippen LogP contribution in [-0.2, 0) is 4.79 Å². The quantitative estimate of drug-likeness (QED) is 0.106. The average molecular weight is 821 g/mol. The van der Waals surface area contributed by atoms with Crippen LogP contribution in [0.2, 0.25) is 0 Å². The molecule has 0 radical (unpaired) electrons. The molecule has 1 atom stereocenters. The molecule has 34 heavy (non-hydrogen) atoms. The minimum Gasteiger partial charge on any atom is -0.395 e. The van der Waals surface area contributed by atoms with Gasteiger partial charge in [0.25, 0.3) is 11.8 Å². The van der Waals surface area contributed by atoms with Gasteiger partial charge in [-0.15, -0.1) is 0 Å². The fraction of sp³-hybridized carbons (Fsp3) is 0.526. The Balaban J connectivity index is 3.82. The van der Waals surface area contributed by atoms with Gasteiger partial charge in [0.15, 0.2) is 0 Å². The summed E-state index contributed by atoms with van der Waals surface area (Å²) in [6.07, 6.45) is -1.21. The Morgan fingerprint density at radius 3 is 1.76 bits per heavy atom. The molecule has 0 aliphatic heterocycles. The molecule has 0 aliphatic carbocycles. The van der Waals surface area contributed by atoms with Crippen LogP contribution in [0.3, 0.4) is 0 Å². The van der Waals surface area contributed by atoms with Crippen molar-refractivity contribution in [3.05, 3.63) is 21.8 Å². The van der Waals surface area contributed by atoms with Crippen LogP contribution >= 0.6 is 67.8 Å². The number of amides is 3. The number of halogens is 3. The van der Waals surface area contributed by atoms with Crippen molar-refractivity contribution in [1.29, 1.82) is 0 Å². The lowest BCUT2D eigenvalue weighted by atomic mass is 10.0. The van der Waals surface area contributed by atoms with Crippen LogP contribution in [0, 0.1) is 16.6 Å². The van der Waals surface area contributed by atoms with Crippen molar-refractivity contribution >= 4 is 91.2 Å². The number of carbonyl (C=O) groups excluding carboxylic acids is 3. The molecule has 1 aromatic rings. The van der Waals surface area contributed by atoms with E-state index in [0.717, 1.165) is 4.90 Å². The molecular formula is C19H26I3N3O9.